The van der Waals surface area contributed by atoms with Crippen LogP contribution in [0.15, 0.2) is 54.9 Å². The largest absolute Gasteiger partial charge is 0.322 e. The van der Waals surface area contributed by atoms with Crippen LogP contribution in [0, 0.1) is 17.1 Å². The molecule has 0 aliphatic rings. The lowest BCUT2D eigenvalue weighted by Crippen LogP contribution is -2.11. The van der Waals surface area contributed by atoms with E-state index in [-0.39, 0.29) is 5.56 Å². The van der Waals surface area contributed by atoms with Gasteiger partial charge in [-0.1, -0.05) is 23.7 Å². The van der Waals surface area contributed by atoms with Crippen LogP contribution in [0.2, 0.25) is 5.02 Å². The first-order valence-electron chi connectivity index (χ1n) is 6.89. The standard InChI is InChI=1S/C17H10ClFN4O/c18-14-3-1-2-4-16(14)23-10-12(9-21-23)17(24)22-13-5-6-15(19)11(7-13)8-20/h1-7,9-10H,(H,22,24). The minimum atomic E-state index is -0.637. The Bertz CT molecular complexity index is 961. The highest BCUT2D eigenvalue weighted by Crippen LogP contribution is 2.20. The monoisotopic (exact) mass is 340 g/mol. The highest BCUT2D eigenvalue weighted by atomic mass is 35.5. The second-order valence-corrected chi connectivity index (χ2v) is 5.29. The molecule has 0 bridgehead atoms. The Balaban J connectivity index is 1.82. The summed E-state index contributed by atoms with van der Waals surface area (Å²) in [5, 5.41) is 16.0. The molecule has 24 heavy (non-hydrogen) atoms. The summed E-state index contributed by atoms with van der Waals surface area (Å²) in [5.41, 5.74) is 1.13. The number of carbonyl (C=O) groups excluding carboxylic acids is 1. The van der Waals surface area contributed by atoms with E-state index in [1.807, 2.05) is 6.07 Å². The fourth-order valence-corrected chi connectivity index (χ4v) is 2.32. The summed E-state index contributed by atoms with van der Waals surface area (Å²) in [5.74, 6) is -1.06. The molecule has 0 radical (unpaired) electrons. The molecule has 0 spiro atoms. The maximum absolute atomic E-state index is 13.3. The molecule has 0 aliphatic carbocycles. The Morgan fingerprint density at radius 2 is 2.08 bits per heavy atom. The third-order valence-corrected chi connectivity index (χ3v) is 3.61. The minimum Gasteiger partial charge on any atom is -0.322 e. The van der Waals surface area contributed by atoms with Crippen molar-refractivity contribution in [3.8, 4) is 11.8 Å². The molecule has 1 heterocycles. The average Bonchev–Trinajstić information content (AvgIpc) is 3.07. The van der Waals surface area contributed by atoms with Crippen molar-refractivity contribution in [2.45, 2.75) is 0 Å². The van der Waals surface area contributed by atoms with Crippen LogP contribution in [0.25, 0.3) is 5.69 Å². The first-order chi connectivity index (χ1) is 11.6. The van der Waals surface area contributed by atoms with Crippen LogP contribution in [0.1, 0.15) is 15.9 Å². The van der Waals surface area contributed by atoms with Crippen molar-refractivity contribution in [2.24, 2.45) is 0 Å². The maximum atomic E-state index is 13.3. The van der Waals surface area contributed by atoms with Gasteiger partial charge in [0.15, 0.2) is 0 Å². The number of hydrogen-bond acceptors (Lipinski definition) is 3. The topological polar surface area (TPSA) is 70.7 Å². The van der Waals surface area contributed by atoms with Crippen LogP contribution in [0.3, 0.4) is 0 Å². The SMILES string of the molecule is N#Cc1cc(NC(=O)c2cnn(-c3ccccc3Cl)c2)ccc1F. The number of nitrogens with one attached hydrogen (secondary N) is 1. The van der Waals surface area contributed by atoms with Gasteiger partial charge in [-0.15, -0.1) is 0 Å². The number of rotatable bonds is 3. The maximum Gasteiger partial charge on any atom is 0.258 e. The van der Waals surface area contributed by atoms with Gasteiger partial charge >= 0.3 is 0 Å². The number of para-hydroxylation sites is 1. The lowest BCUT2D eigenvalue weighted by molar-refractivity contribution is 0.102. The van der Waals surface area contributed by atoms with Gasteiger partial charge in [-0.05, 0) is 30.3 Å². The smallest absolute Gasteiger partial charge is 0.258 e. The number of hydrogen-bond donors (Lipinski definition) is 1. The summed E-state index contributed by atoms with van der Waals surface area (Å²) < 4.78 is 14.8. The van der Waals surface area contributed by atoms with Crippen molar-refractivity contribution >= 4 is 23.2 Å². The Morgan fingerprint density at radius 3 is 2.83 bits per heavy atom. The molecule has 1 N–H and O–H groups in total. The molecule has 3 rings (SSSR count). The fourth-order valence-electron chi connectivity index (χ4n) is 2.10. The molecule has 0 fully saturated rings. The van der Waals surface area contributed by atoms with Crippen molar-refractivity contribution in [2.75, 3.05) is 5.32 Å². The van der Waals surface area contributed by atoms with E-state index in [2.05, 4.69) is 10.4 Å². The highest BCUT2D eigenvalue weighted by molar-refractivity contribution is 6.32. The zero-order chi connectivity index (χ0) is 17.1. The normalized spacial score (nSPS) is 10.2. The highest BCUT2D eigenvalue weighted by Gasteiger charge is 2.12. The first-order valence-corrected chi connectivity index (χ1v) is 7.27. The Hall–Kier alpha value is -3.17. The molecule has 0 atom stereocenters. The molecule has 0 saturated carbocycles. The first kappa shape index (κ1) is 15.7. The van der Waals surface area contributed by atoms with Crippen LogP contribution in [-0.2, 0) is 0 Å². The van der Waals surface area contributed by atoms with Gasteiger partial charge in [0.25, 0.3) is 5.91 Å². The quantitative estimate of drug-likeness (QED) is 0.788. The molecule has 2 aromatic carbocycles. The van der Waals surface area contributed by atoms with Crippen molar-refractivity contribution < 1.29 is 9.18 Å². The van der Waals surface area contributed by atoms with Gasteiger partial charge in [0.2, 0.25) is 0 Å². The van der Waals surface area contributed by atoms with Crippen LogP contribution >= 0.6 is 11.6 Å². The van der Waals surface area contributed by atoms with Crippen molar-refractivity contribution in [3.63, 3.8) is 0 Å². The van der Waals surface area contributed by atoms with Crippen molar-refractivity contribution in [3.05, 3.63) is 76.8 Å². The average molecular weight is 341 g/mol. The zero-order valence-electron chi connectivity index (χ0n) is 12.2. The molecule has 0 aliphatic heterocycles. The number of aromatic nitrogens is 2. The minimum absolute atomic E-state index is 0.139. The summed E-state index contributed by atoms with van der Waals surface area (Å²) in [4.78, 5) is 12.3. The number of nitrogens with zero attached hydrogens (tertiary/aromatic N) is 3. The summed E-state index contributed by atoms with van der Waals surface area (Å²) >= 11 is 6.10. The molecule has 3 aromatic rings. The van der Waals surface area contributed by atoms with Gasteiger partial charge < -0.3 is 5.32 Å². The third kappa shape index (κ3) is 3.12. The van der Waals surface area contributed by atoms with Crippen LogP contribution < -0.4 is 5.32 Å². The number of amides is 1. The number of nitriles is 1. The lowest BCUT2D eigenvalue weighted by Gasteiger charge is -2.05. The van der Waals surface area contributed by atoms with Gasteiger partial charge in [-0.25, -0.2) is 9.07 Å². The fraction of sp³-hybridized carbons (Fsp3) is 0. The summed E-state index contributed by atoms with van der Waals surface area (Å²) in [6.07, 6.45) is 2.93. The second kappa shape index (κ2) is 6.52. The summed E-state index contributed by atoms with van der Waals surface area (Å²) in [6, 6.07) is 12.6. The van der Waals surface area contributed by atoms with Gasteiger partial charge in [0.05, 0.1) is 28.0 Å². The van der Waals surface area contributed by atoms with Gasteiger partial charge in [0, 0.05) is 11.9 Å². The molecular formula is C17H10ClFN4O. The Kier molecular flexibility index (Phi) is 4.27. The summed E-state index contributed by atoms with van der Waals surface area (Å²) in [6.45, 7) is 0. The van der Waals surface area contributed by atoms with Crippen LogP contribution in [-0.4, -0.2) is 15.7 Å². The molecule has 0 unspecified atom stereocenters. The molecule has 1 amide bonds. The van der Waals surface area contributed by atoms with E-state index < -0.39 is 11.7 Å². The molecular weight excluding hydrogens is 331 g/mol. The van der Waals surface area contributed by atoms with Crippen molar-refractivity contribution in [1.82, 2.24) is 9.78 Å². The predicted octanol–water partition coefficient (Wildman–Crippen LogP) is 3.79. The number of carbonyl (C=O) groups is 1. The second-order valence-electron chi connectivity index (χ2n) is 4.89. The number of anilines is 1. The van der Waals surface area contributed by atoms with Gasteiger partial charge in [-0.2, -0.15) is 10.4 Å². The summed E-state index contributed by atoms with van der Waals surface area (Å²) in [7, 11) is 0. The third-order valence-electron chi connectivity index (χ3n) is 3.29. The van der Waals surface area contributed by atoms with Gasteiger partial charge in [-0.3, -0.25) is 4.79 Å². The predicted molar refractivity (Wildman–Crippen MR) is 87.6 cm³/mol. The van der Waals surface area contributed by atoms with E-state index >= 15 is 0 Å². The van der Waals surface area contributed by atoms with Gasteiger partial charge in [0.1, 0.15) is 11.9 Å². The van der Waals surface area contributed by atoms with E-state index in [4.69, 9.17) is 16.9 Å². The number of benzene rings is 2. The van der Waals surface area contributed by atoms with E-state index in [0.717, 1.165) is 6.07 Å². The van der Waals surface area contributed by atoms with E-state index in [9.17, 15) is 9.18 Å². The van der Waals surface area contributed by atoms with Crippen LogP contribution in [0.5, 0.6) is 0 Å². The van der Waals surface area contributed by atoms with E-state index in [1.54, 1.807) is 24.3 Å². The van der Waals surface area contributed by atoms with E-state index in [1.165, 1.54) is 29.2 Å². The van der Waals surface area contributed by atoms with E-state index in [0.29, 0.717) is 22.0 Å². The Morgan fingerprint density at radius 1 is 1.29 bits per heavy atom. The Labute approximate surface area is 141 Å². The lowest BCUT2D eigenvalue weighted by atomic mass is 10.2. The molecule has 0 saturated heterocycles. The van der Waals surface area contributed by atoms with Crippen molar-refractivity contribution in [1.29, 1.82) is 5.26 Å². The molecule has 1 aromatic heterocycles. The number of halogens is 2. The zero-order valence-corrected chi connectivity index (χ0v) is 13.0. The molecule has 5 nitrogen and oxygen atoms in total. The molecule has 118 valence electrons. The molecule has 7 heteroatoms. The van der Waals surface area contributed by atoms with Crippen LogP contribution in [0.4, 0.5) is 10.1 Å².